The molecule has 0 saturated carbocycles. The van der Waals surface area contributed by atoms with Gasteiger partial charge in [0.1, 0.15) is 24.9 Å². The number of amides is 1. The minimum absolute atomic E-state index is 0.0414. The molecule has 2 rings (SSSR count). The van der Waals surface area contributed by atoms with Gasteiger partial charge in [-0.3, -0.25) is 9.59 Å². The fourth-order valence-electron chi connectivity index (χ4n) is 1.99. The zero-order chi connectivity index (χ0) is 15.4. The molecule has 9 nitrogen and oxygen atoms in total. The molecule has 3 N–H and O–H groups in total. The molecule has 0 aliphatic carbocycles. The van der Waals surface area contributed by atoms with Gasteiger partial charge in [-0.05, 0) is 6.42 Å². The highest BCUT2D eigenvalue weighted by Gasteiger charge is 2.18. The lowest BCUT2D eigenvalue weighted by Gasteiger charge is -2.20. The van der Waals surface area contributed by atoms with Gasteiger partial charge in [-0.15, -0.1) is 0 Å². The fourth-order valence-corrected chi connectivity index (χ4v) is 1.99. The zero-order valence-electron chi connectivity index (χ0n) is 11.6. The highest BCUT2D eigenvalue weighted by molar-refractivity contribution is 5.85. The molecule has 21 heavy (non-hydrogen) atoms. The highest BCUT2D eigenvalue weighted by atomic mass is 16.4. The second kappa shape index (κ2) is 6.16. The first-order valence-electron chi connectivity index (χ1n) is 6.43. The summed E-state index contributed by atoms with van der Waals surface area (Å²) < 4.78 is 1.53. The number of carbonyl (C=O) groups excluding carboxylic acids is 1. The summed E-state index contributed by atoms with van der Waals surface area (Å²) in [5.74, 6) is -1.11. The van der Waals surface area contributed by atoms with Gasteiger partial charge in [0.2, 0.25) is 5.91 Å². The van der Waals surface area contributed by atoms with Crippen LogP contribution in [0.25, 0.3) is 11.2 Å². The molecule has 2 aromatic rings. The maximum absolute atomic E-state index is 12.2. The van der Waals surface area contributed by atoms with E-state index in [0.29, 0.717) is 24.1 Å². The largest absolute Gasteiger partial charge is 0.480 e. The van der Waals surface area contributed by atoms with E-state index in [4.69, 9.17) is 10.8 Å². The van der Waals surface area contributed by atoms with Gasteiger partial charge in [0.15, 0.2) is 11.5 Å². The number of nitrogen functional groups attached to an aromatic ring is 1. The van der Waals surface area contributed by atoms with Crippen LogP contribution < -0.4 is 5.73 Å². The molecule has 0 unspecified atom stereocenters. The first-order valence-corrected chi connectivity index (χ1v) is 6.43. The highest BCUT2D eigenvalue weighted by Crippen LogP contribution is 2.14. The Kier molecular flexibility index (Phi) is 4.31. The molecule has 0 atom stereocenters. The molecule has 0 saturated heterocycles. The van der Waals surface area contributed by atoms with Crippen LogP contribution >= 0.6 is 0 Å². The molecule has 0 spiro atoms. The lowest BCUT2D eigenvalue weighted by atomic mass is 10.3. The summed E-state index contributed by atoms with van der Waals surface area (Å²) in [6.45, 7) is 1.90. The van der Waals surface area contributed by atoms with Crippen LogP contribution in [0.5, 0.6) is 0 Å². The predicted octanol–water partition coefficient (Wildman–Crippen LogP) is -0.268. The quantitative estimate of drug-likeness (QED) is 0.750. The summed E-state index contributed by atoms with van der Waals surface area (Å²) in [7, 11) is 0. The number of fused-ring (bicyclic) bond motifs is 1. The van der Waals surface area contributed by atoms with E-state index in [1.54, 1.807) is 0 Å². The predicted molar refractivity (Wildman–Crippen MR) is 74.2 cm³/mol. The topological polar surface area (TPSA) is 127 Å². The number of nitrogens with two attached hydrogens (primary N) is 1. The van der Waals surface area contributed by atoms with Gasteiger partial charge < -0.3 is 20.3 Å². The number of nitrogens with zero attached hydrogens (tertiary/aromatic N) is 5. The Morgan fingerprint density at radius 2 is 2.14 bits per heavy atom. The zero-order valence-corrected chi connectivity index (χ0v) is 11.6. The van der Waals surface area contributed by atoms with Gasteiger partial charge in [-0.1, -0.05) is 6.92 Å². The van der Waals surface area contributed by atoms with Crippen LogP contribution in [0.15, 0.2) is 12.7 Å². The second-order valence-corrected chi connectivity index (χ2v) is 4.51. The first kappa shape index (κ1) is 14.7. The maximum Gasteiger partial charge on any atom is 0.323 e. The van der Waals surface area contributed by atoms with E-state index in [-0.39, 0.29) is 24.8 Å². The first-order chi connectivity index (χ1) is 10.0. The van der Waals surface area contributed by atoms with Crippen molar-refractivity contribution in [3.05, 3.63) is 12.7 Å². The third-order valence-electron chi connectivity index (χ3n) is 2.91. The van der Waals surface area contributed by atoms with Crippen LogP contribution in [-0.4, -0.2) is 54.5 Å². The lowest BCUT2D eigenvalue weighted by molar-refractivity contribution is -0.144. The Morgan fingerprint density at radius 1 is 1.38 bits per heavy atom. The molecule has 0 fully saturated rings. The van der Waals surface area contributed by atoms with Gasteiger partial charge in [0.25, 0.3) is 0 Å². The van der Waals surface area contributed by atoms with Crippen molar-refractivity contribution in [3.8, 4) is 0 Å². The summed E-state index contributed by atoms with van der Waals surface area (Å²) in [6.07, 6.45) is 3.42. The summed E-state index contributed by atoms with van der Waals surface area (Å²) in [5, 5.41) is 8.84. The van der Waals surface area contributed by atoms with Gasteiger partial charge >= 0.3 is 5.97 Å². The molecule has 0 aliphatic rings. The van der Waals surface area contributed by atoms with E-state index < -0.39 is 5.97 Å². The van der Waals surface area contributed by atoms with Crippen molar-refractivity contribution in [1.29, 1.82) is 0 Å². The van der Waals surface area contributed by atoms with Crippen LogP contribution in [0.4, 0.5) is 5.82 Å². The molecule has 0 aliphatic heterocycles. The number of carbonyl (C=O) groups is 2. The Morgan fingerprint density at radius 3 is 2.81 bits per heavy atom. The minimum atomic E-state index is -1.04. The second-order valence-electron chi connectivity index (χ2n) is 4.51. The fraction of sp³-hybridized carbons (Fsp3) is 0.417. The monoisotopic (exact) mass is 292 g/mol. The Hall–Kier alpha value is -2.71. The molecule has 2 heterocycles. The maximum atomic E-state index is 12.2. The summed E-state index contributed by atoms with van der Waals surface area (Å²) in [6, 6.07) is 0. The summed E-state index contributed by atoms with van der Waals surface area (Å²) in [5.41, 5.74) is 6.54. The van der Waals surface area contributed by atoms with Crippen LogP contribution in [0.3, 0.4) is 0 Å². The van der Waals surface area contributed by atoms with Crippen molar-refractivity contribution in [2.75, 3.05) is 18.8 Å². The molecular weight excluding hydrogens is 276 g/mol. The average Bonchev–Trinajstić information content (AvgIpc) is 2.82. The Labute approximate surface area is 120 Å². The number of carboxylic acid groups (broad SMARTS) is 1. The third-order valence-corrected chi connectivity index (χ3v) is 2.91. The van der Waals surface area contributed by atoms with Crippen molar-refractivity contribution < 1.29 is 14.7 Å². The molecule has 0 bridgehead atoms. The lowest BCUT2D eigenvalue weighted by Crippen LogP contribution is -2.38. The van der Waals surface area contributed by atoms with Crippen molar-refractivity contribution in [2.45, 2.75) is 19.9 Å². The van der Waals surface area contributed by atoms with Gasteiger partial charge in [-0.25, -0.2) is 15.0 Å². The van der Waals surface area contributed by atoms with E-state index in [9.17, 15) is 9.59 Å². The molecule has 9 heteroatoms. The number of hydrogen-bond acceptors (Lipinski definition) is 6. The molecule has 0 aromatic carbocycles. The summed E-state index contributed by atoms with van der Waals surface area (Å²) >= 11 is 0. The molecule has 112 valence electrons. The third kappa shape index (κ3) is 3.25. The number of aliphatic carboxylic acids is 1. The Balaban J connectivity index is 2.20. The van der Waals surface area contributed by atoms with Crippen molar-refractivity contribution in [2.24, 2.45) is 0 Å². The number of imidazole rings is 1. The smallest absolute Gasteiger partial charge is 0.323 e. The molecule has 2 aromatic heterocycles. The van der Waals surface area contributed by atoms with Crippen LogP contribution in [0.2, 0.25) is 0 Å². The van der Waals surface area contributed by atoms with Gasteiger partial charge in [-0.2, -0.15) is 0 Å². The number of aromatic nitrogens is 4. The van der Waals surface area contributed by atoms with Crippen molar-refractivity contribution in [1.82, 2.24) is 24.4 Å². The van der Waals surface area contributed by atoms with Gasteiger partial charge in [0, 0.05) is 6.54 Å². The number of hydrogen-bond donors (Lipinski definition) is 2. The van der Waals surface area contributed by atoms with Crippen LogP contribution in [0.1, 0.15) is 13.3 Å². The van der Waals surface area contributed by atoms with E-state index >= 15 is 0 Å². The SMILES string of the molecule is CCCN(CC(=O)O)C(=O)Cn1cnc2c(N)ncnc21. The number of carboxylic acids is 1. The molecular formula is C12H16N6O3. The van der Waals surface area contributed by atoms with E-state index in [1.165, 1.54) is 22.1 Å². The van der Waals surface area contributed by atoms with Crippen LogP contribution in [-0.2, 0) is 16.1 Å². The number of anilines is 1. The number of rotatable bonds is 6. The van der Waals surface area contributed by atoms with Gasteiger partial charge in [0.05, 0.1) is 6.33 Å². The van der Waals surface area contributed by atoms with E-state index in [0.717, 1.165) is 0 Å². The molecule has 0 radical (unpaired) electrons. The summed E-state index contributed by atoms with van der Waals surface area (Å²) in [4.78, 5) is 36.2. The van der Waals surface area contributed by atoms with Crippen molar-refractivity contribution in [3.63, 3.8) is 0 Å². The molecule has 1 amide bonds. The normalized spacial score (nSPS) is 10.7. The van der Waals surface area contributed by atoms with E-state index in [1.807, 2.05) is 6.92 Å². The van der Waals surface area contributed by atoms with E-state index in [2.05, 4.69) is 15.0 Å². The van der Waals surface area contributed by atoms with Crippen LogP contribution in [0, 0.1) is 0 Å². The minimum Gasteiger partial charge on any atom is -0.480 e. The van der Waals surface area contributed by atoms with Crippen molar-refractivity contribution >= 4 is 28.9 Å². The average molecular weight is 292 g/mol. The Bertz CT molecular complexity index is 668. The standard InChI is InChI=1S/C12H16N6O3/c1-2-3-17(5-9(20)21)8(19)4-18-7-16-10-11(13)14-6-15-12(10)18/h6-7H,2-5H2,1H3,(H,20,21)(H2,13,14,15).